The van der Waals surface area contributed by atoms with Crippen LogP contribution in [0.3, 0.4) is 0 Å². The molecule has 1 aromatic heterocycles. The fraction of sp³-hybridized carbons (Fsp3) is 0.727. The van der Waals surface area contributed by atoms with Crippen LogP contribution in [0.1, 0.15) is 36.9 Å². The van der Waals surface area contributed by atoms with E-state index in [0.29, 0.717) is 6.04 Å². The molecule has 3 nitrogen and oxygen atoms in total. The number of hydrogen-bond acceptors (Lipinski definition) is 4. The fourth-order valence-electron chi connectivity index (χ4n) is 1.48. The lowest BCUT2D eigenvalue weighted by Gasteiger charge is -2.09. The number of rotatable bonds is 7. The molecule has 0 aliphatic rings. The number of nitrogens with one attached hydrogen (secondary N) is 1. The molecule has 15 heavy (non-hydrogen) atoms. The number of nitrogens with two attached hydrogens (primary N) is 1. The first kappa shape index (κ1) is 12.6. The Morgan fingerprint density at radius 2 is 2.33 bits per heavy atom. The molecule has 86 valence electrons. The van der Waals surface area contributed by atoms with E-state index in [1.165, 1.54) is 6.42 Å². The number of nitrogens with zero attached hydrogens (tertiary/aromatic N) is 1. The van der Waals surface area contributed by atoms with Crippen molar-refractivity contribution in [3.05, 3.63) is 16.1 Å². The van der Waals surface area contributed by atoms with Crippen molar-refractivity contribution >= 4 is 11.3 Å². The normalized spacial score (nSPS) is 13.0. The van der Waals surface area contributed by atoms with Gasteiger partial charge in [0.2, 0.25) is 0 Å². The topological polar surface area (TPSA) is 50.9 Å². The Hall–Kier alpha value is -0.450. The molecule has 0 radical (unpaired) electrons. The summed E-state index contributed by atoms with van der Waals surface area (Å²) in [5.41, 5.74) is 7.03. The van der Waals surface area contributed by atoms with Crippen molar-refractivity contribution in [3.8, 4) is 0 Å². The third-order valence-electron chi connectivity index (χ3n) is 2.29. The first-order valence-electron chi connectivity index (χ1n) is 5.59. The fourth-order valence-corrected chi connectivity index (χ4v) is 2.22. The van der Waals surface area contributed by atoms with E-state index < -0.39 is 0 Å². The van der Waals surface area contributed by atoms with Crippen LogP contribution in [0.15, 0.2) is 5.38 Å². The molecule has 0 fully saturated rings. The van der Waals surface area contributed by atoms with E-state index in [4.69, 9.17) is 5.73 Å². The highest BCUT2D eigenvalue weighted by Crippen LogP contribution is 2.07. The van der Waals surface area contributed by atoms with Crippen molar-refractivity contribution in [3.63, 3.8) is 0 Å². The molecular weight excluding hydrogens is 206 g/mol. The summed E-state index contributed by atoms with van der Waals surface area (Å²) in [7, 11) is 0. The highest BCUT2D eigenvalue weighted by molar-refractivity contribution is 7.09. The zero-order chi connectivity index (χ0) is 11.1. The molecule has 0 amide bonds. The summed E-state index contributed by atoms with van der Waals surface area (Å²) in [6.07, 6.45) is 3.35. The van der Waals surface area contributed by atoms with Crippen LogP contribution in [-0.4, -0.2) is 17.6 Å². The van der Waals surface area contributed by atoms with Crippen molar-refractivity contribution in [2.75, 3.05) is 6.54 Å². The van der Waals surface area contributed by atoms with E-state index in [2.05, 4.69) is 22.6 Å². The average molecular weight is 227 g/mol. The minimum absolute atomic E-state index is 0.348. The average Bonchev–Trinajstić information content (AvgIpc) is 2.60. The third kappa shape index (κ3) is 5.25. The maximum absolute atomic E-state index is 5.91. The predicted molar refractivity (Wildman–Crippen MR) is 66.1 cm³/mol. The summed E-state index contributed by atoms with van der Waals surface area (Å²) in [4.78, 5) is 4.39. The lowest BCUT2D eigenvalue weighted by atomic mass is 10.1. The van der Waals surface area contributed by atoms with Crippen molar-refractivity contribution in [1.82, 2.24) is 10.3 Å². The second-order valence-corrected chi connectivity index (χ2v) is 4.84. The Morgan fingerprint density at radius 1 is 1.53 bits per heavy atom. The quantitative estimate of drug-likeness (QED) is 0.701. The molecule has 1 atom stereocenters. The van der Waals surface area contributed by atoms with Crippen LogP contribution >= 0.6 is 11.3 Å². The van der Waals surface area contributed by atoms with Crippen LogP contribution in [0.5, 0.6) is 0 Å². The molecule has 3 N–H and O–H groups in total. The standard InChI is InChI=1S/C11H21N3S/c1-3-4-10(12)5-6-13-7-11-14-9(2)8-15-11/h8,10,13H,3-7,12H2,1-2H3. The zero-order valence-electron chi connectivity index (χ0n) is 9.62. The number of aromatic nitrogens is 1. The zero-order valence-corrected chi connectivity index (χ0v) is 10.4. The first-order chi connectivity index (χ1) is 7.22. The Balaban J connectivity index is 2.06. The van der Waals surface area contributed by atoms with Crippen LogP contribution < -0.4 is 11.1 Å². The molecule has 4 heteroatoms. The van der Waals surface area contributed by atoms with Gasteiger partial charge in [0.25, 0.3) is 0 Å². The van der Waals surface area contributed by atoms with E-state index in [-0.39, 0.29) is 0 Å². The van der Waals surface area contributed by atoms with Gasteiger partial charge in [-0.15, -0.1) is 11.3 Å². The maximum Gasteiger partial charge on any atom is 0.107 e. The Labute approximate surface area is 96.1 Å². The van der Waals surface area contributed by atoms with Gasteiger partial charge in [0.15, 0.2) is 0 Å². The minimum atomic E-state index is 0.348. The minimum Gasteiger partial charge on any atom is -0.328 e. The summed E-state index contributed by atoms with van der Waals surface area (Å²) in [6.45, 7) is 6.06. The Bertz CT molecular complexity index is 273. The van der Waals surface area contributed by atoms with Crippen molar-refractivity contribution in [2.45, 2.75) is 45.7 Å². The second kappa shape index (κ2) is 6.93. The van der Waals surface area contributed by atoms with Crippen molar-refractivity contribution in [1.29, 1.82) is 0 Å². The lowest BCUT2D eigenvalue weighted by Crippen LogP contribution is -2.26. The van der Waals surface area contributed by atoms with E-state index in [1.54, 1.807) is 11.3 Å². The molecule has 1 aromatic rings. The molecule has 0 saturated heterocycles. The van der Waals surface area contributed by atoms with Gasteiger partial charge in [-0.3, -0.25) is 0 Å². The van der Waals surface area contributed by atoms with Gasteiger partial charge in [-0.2, -0.15) is 0 Å². The molecule has 0 aliphatic heterocycles. The van der Waals surface area contributed by atoms with Gasteiger partial charge in [-0.25, -0.2) is 4.98 Å². The Morgan fingerprint density at radius 3 is 2.93 bits per heavy atom. The van der Waals surface area contributed by atoms with Gasteiger partial charge >= 0.3 is 0 Å². The van der Waals surface area contributed by atoms with Crippen LogP contribution in [0.25, 0.3) is 0 Å². The summed E-state index contributed by atoms with van der Waals surface area (Å²) in [5.74, 6) is 0. The third-order valence-corrected chi connectivity index (χ3v) is 3.26. The van der Waals surface area contributed by atoms with Crippen molar-refractivity contribution in [2.24, 2.45) is 5.73 Å². The van der Waals surface area contributed by atoms with E-state index in [1.807, 2.05) is 6.92 Å². The lowest BCUT2D eigenvalue weighted by molar-refractivity contribution is 0.526. The molecule has 1 heterocycles. The summed E-state index contributed by atoms with van der Waals surface area (Å²) >= 11 is 1.71. The van der Waals surface area contributed by atoms with E-state index >= 15 is 0 Å². The molecule has 1 unspecified atom stereocenters. The number of thiazole rings is 1. The van der Waals surface area contributed by atoms with Crippen LogP contribution in [-0.2, 0) is 6.54 Å². The molecular formula is C11H21N3S. The smallest absolute Gasteiger partial charge is 0.107 e. The predicted octanol–water partition coefficient (Wildman–Crippen LogP) is 2.06. The van der Waals surface area contributed by atoms with Crippen LogP contribution in [0.2, 0.25) is 0 Å². The van der Waals surface area contributed by atoms with E-state index in [9.17, 15) is 0 Å². The Kier molecular flexibility index (Phi) is 5.83. The second-order valence-electron chi connectivity index (χ2n) is 3.90. The number of aryl methyl sites for hydroxylation is 1. The molecule has 0 aliphatic carbocycles. The van der Waals surface area contributed by atoms with E-state index in [0.717, 1.165) is 36.6 Å². The highest BCUT2D eigenvalue weighted by Gasteiger charge is 2.01. The summed E-state index contributed by atoms with van der Waals surface area (Å²) in [6, 6.07) is 0.348. The molecule has 0 aromatic carbocycles. The van der Waals surface area contributed by atoms with Gasteiger partial charge in [-0.05, 0) is 26.3 Å². The summed E-state index contributed by atoms with van der Waals surface area (Å²) < 4.78 is 0. The summed E-state index contributed by atoms with van der Waals surface area (Å²) in [5, 5.41) is 6.62. The monoisotopic (exact) mass is 227 g/mol. The first-order valence-corrected chi connectivity index (χ1v) is 6.47. The highest BCUT2D eigenvalue weighted by atomic mass is 32.1. The van der Waals surface area contributed by atoms with Crippen LogP contribution in [0, 0.1) is 6.92 Å². The SMILES string of the molecule is CCCC(N)CCNCc1nc(C)cs1. The molecule has 0 bridgehead atoms. The number of hydrogen-bond donors (Lipinski definition) is 2. The van der Waals surface area contributed by atoms with Gasteiger partial charge < -0.3 is 11.1 Å². The molecule has 1 rings (SSSR count). The molecule has 0 spiro atoms. The van der Waals surface area contributed by atoms with Gasteiger partial charge in [0.05, 0.1) is 0 Å². The molecule has 0 saturated carbocycles. The largest absolute Gasteiger partial charge is 0.328 e. The van der Waals surface area contributed by atoms with Gasteiger partial charge in [0, 0.05) is 23.7 Å². The van der Waals surface area contributed by atoms with Crippen LogP contribution in [0.4, 0.5) is 0 Å². The maximum atomic E-state index is 5.91. The van der Waals surface area contributed by atoms with Crippen molar-refractivity contribution < 1.29 is 0 Å². The van der Waals surface area contributed by atoms with Gasteiger partial charge in [-0.1, -0.05) is 13.3 Å². The van der Waals surface area contributed by atoms with Gasteiger partial charge in [0.1, 0.15) is 5.01 Å².